The number of benzene rings is 1. The number of nitrogens with one attached hydrogen (secondary N) is 1. The Morgan fingerprint density at radius 2 is 2.38 bits per heavy atom. The van der Waals surface area contributed by atoms with Crippen molar-refractivity contribution in [1.82, 2.24) is 5.32 Å². The maximum atomic E-state index is 10.8. The Kier molecular flexibility index (Phi) is 3.58. The Morgan fingerprint density at radius 1 is 1.50 bits per heavy atom. The van der Waals surface area contributed by atoms with Crippen molar-refractivity contribution in [3.05, 3.63) is 34.9 Å². The lowest BCUT2D eigenvalue weighted by atomic mass is 10.2. The van der Waals surface area contributed by atoms with Crippen molar-refractivity contribution < 1.29 is 4.79 Å². The third-order valence-corrected chi connectivity index (χ3v) is 2.89. The van der Waals surface area contributed by atoms with E-state index in [0.29, 0.717) is 15.9 Å². The lowest BCUT2D eigenvalue weighted by Crippen LogP contribution is -2.19. The molecule has 0 radical (unpaired) electrons. The van der Waals surface area contributed by atoms with Gasteiger partial charge < -0.3 is 5.32 Å². The molecule has 0 spiro atoms. The highest BCUT2D eigenvalue weighted by atomic mass is 35.5. The SMILES string of the molecule is O=C1CS/C(=N/N=C/c2cccc(Cl)c2)N1. The number of thioether (sulfide) groups is 1. The van der Waals surface area contributed by atoms with Crippen molar-refractivity contribution in [1.29, 1.82) is 0 Å². The standard InChI is InChI=1S/C10H8ClN3OS/c11-8-3-1-2-7(4-8)5-12-14-10-13-9(15)6-16-10/h1-5H,6H2,(H,13,14,15)/b12-5+. The van der Waals surface area contributed by atoms with E-state index in [1.165, 1.54) is 11.8 Å². The van der Waals surface area contributed by atoms with E-state index in [4.69, 9.17) is 11.6 Å². The van der Waals surface area contributed by atoms with Gasteiger partial charge in [-0.3, -0.25) is 4.79 Å². The molecule has 16 heavy (non-hydrogen) atoms. The Morgan fingerprint density at radius 3 is 3.06 bits per heavy atom. The van der Waals surface area contributed by atoms with Gasteiger partial charge in [-0.15, -0.1) is 5.10 Å². The first-order valence-corrected chi connectivity index (χ1v) is 5.89. The molecule has 1 N–H and O–H groups in total. The van der Waals surface area contributed by atoms with Crippen molar-refractivity contribution in [3.8, 4) is 0 Å². The highest BCUT2D eigenvalue weighted by molar-refractivity contribution is 8.15. The molecule has 2 rings (SSSR count). The Labute approximate surface area is 102 Å². The predicted octanol–water partition coefficient (Wildman–Crippen LogP) is 1.89. The minimum absolute atomic E-state index is 0.0401. The third-order valence-electron chi connectivity index (χ3n) is 1.79. The van der Waals surface area contributed by atoms with Gasteiger partial charge in [0.05, 0.1) is 12.0 Å². The first-order valence-electron chi connectivity index (χ1n) is 4.53. The molecule has 0 saturated carbocycles. The van der Waals surface area contributed by atoms with Crippen LogP contribution in [-0.2, 0) is 4.79 Å². The zero-order valence-electron chi connectivity index (χ0n) is 8.18. The van der Waals surface area contributed by atoms with Gasteiger partial charge in [0.15, 0.2) is 5.17 Å². The second-order valence-electron chi connectivity index (χ2n) is 3.04. The van der Waals surface area contributed by atoms with Gasteiger partial charge in [0.25, 0.3) is 0 Å². The molecule has 1 aromatic rings. The average molecular weight is 254 g/mol. The van der Waals surface area contributed by atoms with Gasteiger partial charge in [0, 0.05) is 5.02 Å². The summed E-state index contributed by atoms with van der Waals surface area (Å²) in [4.78, 5) is 10.8. The third kappa shape index (κ3) is 3.08. The summed E-state index contributed by atoms with van der Waals surface area (Å²) in [5, 5.41) is 11.5. The van der Waals surface area contributed by atoms with E-state index in [0.717, 1.165) is 5.56 Å². The van der Waals surface area contributed by atoms with Crippen molar-refractivity contribution in [2.24, 2.45) is 10.2 Å². The molecule has 0 aromatic heterocycles. The van der Waals surface area contributed by atoms with Gasteiger partial charge in [0.2, 0.25) is 5.91 Å². The lowest BCUT2D eigenvalue weighted by molar-refractivity contribution is -0.116. The summed E-state index contributed by atoms with van der Waals surface area (Å²) >= 11 is 7.15. The van der Waals surface area contributed by atoms with E-state index in [-0.39, 0.29) is 5.91 Å². The molecule has 82 valence electrons. The maximum Gasteiger partial charge on any atom is 0.236 e. The number of halogens is 1. The van der Waals surface area contributed by atoms with Crippen LogP contribution < -0.4 is 5.32 Å². The van der Waals surface area contributed by atoms with Crippen LogP contribution in [0.1, 0.15) is 5.56 Å². The molecule has 0 aliphatic carbocycles. The normalized spacial score (nSPS) is 18.3. The topological polar surface area (TPSA) is 53.8 Å². The highest BCUT2D eigenvalue weighted by Crippen LogP contribution is 2.10. The molecule has 1 aromatic carbocycles. The number of carbonyl (C=O) groups is 1. The molecular formula is C10H8ClN3OS. The molecule has 0 atom stereocenters. The molecule has 1 heterocycles. The minimum Gasteiger partial charge on any atom is -0.303 e. The Balaban J connectivity index is 2.02. The van der Waals surface area contributed by atoms with Gasteiger partial charge in [-0.2, -0.15) is 5.10 Å². The van der Waals surface area contributed by atoms with E-state index in [1.54, 1.807) is 18.3 Å². The van der Waals surface area contributed by atoms with Crippen LogP contribution in [0.4, 0.5) is 0 Å². The van der Waals surface area contributed by atoms with Crippen LogP contribution in [0.5, 0.6) is 0 Å². The second kappa shape index (κ2) is 5.14. The lowest BCUT2D eigenvalue weighted by Gasteiger charge is -1.92. The summed E-state index contributed by atoms with van der Waals surface area (Å²) < 4.78 is 0. The molecular weight excluding hydrogens is 246 g/mol. The number of amides is 1. The van der Waals surface area contributed by atoms with Crippen LogP contribution in [0.2, 0.25) is 5.02 Å². The number of rotatable bonds is 2. The Bertz CT molecular complexity index is 473. The summed E-state index contributed by atoms with van der Waals surface area (Å²) in [6.45, 7) is 0. The molecule has 1 saturated heterocycles. The molecule has 1 aliphatic heterocycles. The largest absolute Gasteiger partial charge is 0.303 e. The van der Waals surface area contributed by atoms with E-state index >= 15 is 0 Å². The van der Waals surface area contributed by atoms with Crippen molar-refractivity contribution in [3.63, 3.8) is 0 Å². The molecule has 1 aliphatic rings. The fraction of sp³-hybridized carbons (Fsp3) is 0.100. The van der Waals surface area contributed by atoms with E-state index in [1.807, 2.05) is 12.1 Å². The second-order valence-corrected chi connectivity index (χ2v) is 4.44. The van der Waals surface area contributed by atoms with Crippen LogP contribution in [0.15, 0.2) is 34.5 Å². The zero-order chi connectivity index (χ0) is 11.4. The Hall–Kier alpha value is -1.33. The summed E-state index contributed by atoms with van der Waals surface area (Å²) in [5.74, 6) is 0.368. The minimum atomic E-state index is -0.0401. The number of amidine groups is 1. The summed E-state index contributed by atoms with van der Waals surface area (Å²) in [6, 6.07) is 7.28. The number of hydrogen-bond acceptors (Lipinski definition) is 4. The van der Waals surface area contributed by atoms with Gasteiger partial charge in [-0.05, 0) is 17.7 Å². The fourth-order valence-electron chi connectivity index (χ4n) is 1.11. The van der Waals surface area contributed by atoms with Gasteiger partial charge >= 0.3 is 0 Å². The molecule has 1 amide bonds. The molecule has 0 bridgehead atoms. The molecule has 4 nitrogen and oxygen atoms in total. The number of nitrogens with zero attached hydrogens (tertiary/aromatic N) is 2. The van der Waals surface area contributed by atoms with Crippen molar-refractivity contribution >= 4 is 40.7 Å². The maximum absolute atomic E-state index is 10.8. The average Bonchev–Trinajstić information content (AvgIpc) is 2.64. The summed E-state index contributed by atoms with van der Waals surface area (Å²) in [7, 11) is 0. The van der Waals surface area contributed by atoms with Gasteiger partial charge in [-0.1, -0.05) is 35.5 Å². The van der Waals surface area contributed by atoms with E-state index < -0.39 is 0 Å². The predicted molar refractivity (Wildman–Crippen MR) is 67.1 cm³/mol. The summed E-state index contributed by atoms with van der Waals surface area (Å²) in [5.41, 5.74) is 0.867. The smallest absolute Gasteiger partial charge is 0.236 e. The molecule has 6 heteroatoms. The van der Waals surface area contributed by atoms with Crippen LogP contribution in [0.25, 0.3) is 0 Å². The zero-order valence-corrected chi connectivity index (χ0v) is 9.76. The molecule has 1 fully saturated rings. The van der Waals surface area contributed by atoms with Crippen LogP contribution in [0.3, 0.4) is 0 Å². The quantitative estimate of drug-likeness (QED) is 0.646. The molecule has 0 unspecified atom stereocenters. The van der Waals surface area contributed by atoms with Crippen LogP contribution in [-0.4, -0.2) is 23.0 Å². The van der Waals surface area contributed by atoms with E-state index in [2.05, 4.69) is 15.5 Å². The van der Waals surface area contributed by atoms with Gasteiger partial charge in [0.1, 0.15) is 0 Å². The van der Waals surface area contributed by atoms with Crippen LogP contribution in [0, 0.1) is 0 Å². The van der Waals surface area contributed by atoms with E-state index in [9.17, 15) is 4.79 Å². The highest BCUT2D eigenvalue weighted by Gasteiger charge is 2.15. The van der Waals surface area contributed by atoms with Crippen LogP contribution >= 0.6 is 23.4 Å². The fourth-order valence-corrected chi connectivity index (χ4v) is 1.94. The monoisotopic (exact) mass is 253 g/mol. The first-order chi connectivity index (χ1) is 7.74. The van der Waals surface area contributed by atoms with Gasteiger partial charge in [-0.25, -0.2) is 0 Å². The number of carbonyl (C=O) groups excluding carboxylic acids is 1. The first kappa shape index (κ1) is 11.2. The van der Waals surface area contributed by atoms with Crippen molar-refractivity contribution in [2.75, 3.05) is 5.75 Å². The summed E-state index contributed by atoms with van der Waals surface area (Å²) in [6.07, 6.45) is 1.59. The van der Waals surface area contributed by atoms with Crippen molar-refractivity contribution in [2.45, 2.75) is 0 Å². The number of hydrogen-bond donors (Lipinski definition) is 1.